The molecule has 0 saturated carbocycles. The first kappa shape index (κ1) is 18.5. The third kappa shape index (κ3) is 5.35. The lowest BCUT2D eigenvalue weighted by molar-refractivity contribution is -0.143. The van der Waals surface area contributed by atoms with Crippen molar-refractivity contribution in [2.24, 2.45) is 5.92 Å². The third-order valence-corrected chi connectivity index (χ3v) is 4.29. The molecule has 0 radical (unpaired) electrons. The first-order chi connectivity index (χ1) is 12.0. The molecule has 0 heterocycles. The SMILES string of the molecule is COc1ccc(C[C@@H](CC[C@@H](C(=O)O)c2ccccc2)C(=O)O)cc1. The second kappa shape index (κ2) is 8.87. The maximum Gasteiger partial charge on any atom is 0.310 e. The topological polar surface area (TPSA) is 83.8 Å². The molecule has 0 spiro atoms. The third-order valence-electron chi connectivity index (χ3n) is 4.29. The average molecular weight is 342 g/mol. The lowest BCUT2D eigenvalue weighted by Gasteiger charge is -2.17. The van der Waals surface area contributed by atoms with Crippen LogP contribution < -0.4 is 4.74 Å². The Hall–Kier alpha value is -2.82. The molecular weight excluding hydrogens is 320 g/mol. The average Bonchev–Trinajstić information content (AvgIpc) is 2.62. The Morgan fingerprint density at radius 1 is 0.920 bits per heavy atom. The second-order valence-corrected chi connectivity index (χ2v) is 5.97. The molecule has 0 aliphatic rings. The molecular formula is C20H22O5. The van der Waals surface area contributed by atoms with Gasteiger partial charge >= 0.3 is 11.9 Å². The van der Waals surface area contributed by atoms with Crippen LogP contribution >= 0.6 is 0 Å². The van der Waals surface area contributed by atoms with E-state index >= 15 is 0 Å². The van der Waals surface area contributed by atoms with E-state index in [-0.39, 0.29) is 6.42 Å². The highest BCUT2D eigenvalue weighted by atomic mass is 16.5. The highest BCUT2D eigenvalue weighted by Gasteiger charge is 2.24. The van der Waals surface area contributed by atoms with Crippen LogP contribution in [0, 0.1) is 5.92 Å². The van der Waals surface area contributed by atoms with Crippen LogP contribution in [0.15, 0.2) is 54.6 Å². The van der Waals surface area contributed by atoms with Crippen molar-refractivity contribution in [3.63, 3.8) is 0 Å². The molecule has 0 unspecified atom stereocenters. The van der Waals surface area contributed by atoms with Gasteiger partial charge in [-0.3, -0.25) is 9.59 Å². The van der Waals surface area contributed by atoms with Crippen molar-refractivity contribution in [3.05, 3.63) is 65.7 Å². The van der Waals surface area contributed by atoms with E-state index in [1.54, 1.807) is 43.5 Å². The minimum Gasteiger partial charge on any atom is -0.497 e. The Labute approximate surface area is 146 Å². The molecule has 2 rings (SSSR count). The van der Waals surface area contributed by atoms with E-state index in [1.807, 2.05) is 18.2 Å². The number of methoxy groups -OCH3 is 1. The Bertz CT molecular complexity index is 694. The zero-order chi connectivity index (χ0) is 18.2. The minimum atomic E-state index is -0.931. The van der Waals surface area contributed by atoms with Gasteiger partial charge in [-0.2, -0.15) is 0 Å². The molecule has 5 nitrogen and oxygen atoms in total. The Kier molecular flexibility index (Phi) is 6.57. The van der Waals surface area contributed by atoms with Gasteiger partial charge in [0.1, 0.15) is 5.75 Å². The van der Waals surface area contributed by atoms with Crippen molar-refractivity contribution in [1.29, 1.82) is 0 Å². The van der Waals surface area contributed by atoms with Crippen LogP contribution in [0.25, 0.3) is 0 Å². The first-order valence-electron chi connectivity index (χ1n) is 8.14. The lowest BCUT2D eigenvalue weighted by atomic mass is 9.88. The van der Waals surface area contributed by atoms with E-state index < -0.39 is 23.8 Å². The van der Waals surface area contributed by atoms with E-state index in [0.29, 0.717) is 24.2 Å². The van der Waals surface area contributed by atoms with E-state index in [2.05, 4.69) is 0 Å². The Morgan fingerprint density at radius 2 is 1.56 bits per heavy atom. The van der Waals surface area contributed by atoms with Gasteiger partial charge in [0, 0.05) is 0 Å². The van der Waals surface area contributed by atoms with Crippen LogP contribution in [-0.4, -0.2) is 29.3 Å². The predicted molar refractivity (Wildman–Crippen MR) is 93.9 cm³/mol. The highest BCUT2D eigenvalue weighted by molar-refractivity contribution is 5.76. The molecule has 2 aromatic carbocycles. The Morgan fingerprint density at radius 3 is 2.08 bits per heavy atom. The lowest BCUT2D eigenvalue weighted by Crippen LogP contribution is -2.20. The smallest absolute Gasteiger partial charge is 0.310 e. The molecule has 25 heavy (non-hydrogen) atoms. The monoisotopic (exact) mass is 342 g/mol. The molecule has 2 atom stereocenters. The number of aliphatic carboxylic acids is 2. The standard InChI is InChI=1S/C20H22O5/c1-25-17-10-7-14(8-11-17)13-16(19(21)22)9-12-18(20(23)24)15-5-3-2-4-6-15/h2-8,10-11,16,18H,9,12-13H2,1H3,(H,21,22)(H,23,24)/t16-,18-/m1/s1. The summed E-state index contributed by atoms with van der Waals surface area (Å²) in [6.45, 7) is 0. The van der Waals surface area contributed by atoms with Gasteiger partial charge in [-0.1, -0.05) is 42.5 Å². The molecule has 0 fully saturated rings. The number of carbonyl (C=O) groups is 2. The molecule has 0 saturated heterocycles. The summed E-state index contributed by atoms with van der Waals surface area (Å²) in [4.78, 5) is 23.1. The van der Waals surface area contributed by atoms with Gasteiger partial charge < -0.3 is 14.9 Å². The number of ether oxygens (including phenoxy) is 1. The summed E-state index contributed by atoms with van der Waals surface area (Å²) >= 11 is 0. The van der Waals surface area contributed by atoms with Crippen molar-refractivity contribution in [1.82, 2.24) is 0 Å². The van der Waals surface area contributed by atoms with Crippen molar-refractivity contribution < 1.29 is 24.5 Å². The highest BCUT2D eigenvalue weighted by Crippen LogP contribution is 2.26. The zero-order valence-corrected chi connectivity index (χ0v) is 14.1. The van der Waals surface area contributed by atoms with Gasteiger partial charge in [0.2, 0.25) is 0 Å². The van der Waals surface area contributed by atoms with Gasteiger partial charge in [0.15, 0.2) is 0 Å². The Balaban J connectivity index is 2.04. The molecule has 2 aromatic rings. The van der Waals surface area contributed by atoms with Crippen LogP contribution in [0.5, 0.6) is 5.75 Å². The van der Waals surface area contributed by atoms with Gasteiger partial charge in [-0.15, -0.1) is 0 Å². The molecule has 0 amide bonds. The van der Waals surface area contributed by atoms with Crippen LogP contribution in [0.4, 0.5) is 0 Å². The first-order valence-corrected chi connectivity index (χ1v) is 8.14. The number of benzene rings is 2. The maximum absolute atomic E-state index is 11.6. The molecule has 0 aromatic heterocycles. The summed E-state index contributed by atoms with van der Waals surface area (Å²) in [6.07, 6.45) is 0.945. The summed E-state index contributed by atoms with van der Waals surface area (Å²) in [5.41, 5.74) is 1.59. The fraction of sp³-hybridized carbons (Fsp3) is 0.300. The van der Waals surface area contributed by atoms with Crippen molar-refractivity contribution in [3.8, 4) is 5.75 Å². The van der Waals surface area contributed by atoms with Crippen LogP contribution in [-0.2, 0) is 16.0 Å². The van der Waals surface area contributed by atoms with Crippen molar-refractivity contribution in [2.45, 2.75) is 25.2 Å². The van der Waals surface area contributed by atoms with Gasteiger partial charge in [-0.25, -0.2) is 0 Å². The van der Waals surface area contributed by atoms with Gasteiger partial charge in [0.05, 0.1) is 18.9 Å². The fourth-order valence-corrected chi connectivity index (χ4v) is 2.84. The summed E-state index contributed by atoms with van der Waals surface area (Å²) < 4.78 is 5.09. The molecule has 2 N–H and O–H groups in total. The zero-order valence-electron chi connectivity index (χ0n) is 14.1. The number of carboxylic acids is 2. The number of hydrogen-bond acceptors (Lipinski definition) is 3. The molecule has 132 valence electrons. The van der Waals surface area contributed by atoms with Gasteiger partial charge in [-0.05, 0) is 42.5 Å². The summed E-state index contributed by atoms with van der Waals surface area (Å²) in [5, 5.41) is 18.9. The van der Waals surface area contributed by atoms with Crippen molar-refractivity contribution in [2.75, 3.05) is 7.11 Å². The normalized spacial score (nSPS) is 13.0. The molecule has 5 heteroatoms. The summed E-state index contributed by atoms with van der Waals surface area (Å²) in [7, 11) is 1.57. The van der Waals surface area contributed by atoms with Crippen LogP contribution in [0.1, 0.15) is 29.9 Å². The number of carboxylic acid groups (broad SMARTS) is 2. The summed E-state index contributed by atoms with van der Waals surface area (Å²) in [5.74, 6) is -2.45. The molecule has 0 bridgehead atoms. The quantitative estimate of drug-likeness (QED) is 0.727. The van der Waals surface area contributed by atoms with Gasteiger partial charge in [0.25, 0.3) is 0 Å². The van der Waals surface area contributed by atoms with Crippen LogP contribution in [0.3, 0.4) is 0 Å². The maximum atomic E-state index is 11.6. The fourth-order valence-electron chi connectivity index (χ4n) is 2.84. The predicted octanol–water partition coefficient (Wildman–Crippen LogP) is 3.59. The van der Waals surface area contributed by atoms with Crippen LogP contribution in [0.2, 0.25) is 0 Å². The number of hydrogen-bond donors (Lipinski definition) is 2. The van der Waals surface area contributed by atoms with Crippen molar-refractivity contribution >= 4 is 11.9 Å². The number of rotatable bonds is 9. The van der Waals surface area contributed by atoms with E-state index in [4.69, 9.17) is 4.74 Å². The molecule has 0 aliphatic heterocycles. The molecule has 0 aliphatic carbocycles. The second-order valence-electron chi connectivity index (χ2n) is 5.97. The van der Waals surface area contributed by atoms with E-state index in [9.17, 15) is 19.8 Å². The minimum absolute atomic E-state index is 0.284. The largest absolute Gasteiger partial charge is 0.497 e. The van der Waals surface area contributed by atoms with E-state index in [1.165, 1.54) is 0 Å². The summed E-state index contributed by atoms with van der Waals surface area (Å²) in [6, 6.07) is 16.2. The van der Waals surface area contributed by atoms with E-state index in [0.717, 1.165) is 5.56 Å².